The maximum atomic E-state index is 5.97. The first-order valence-corrected chi connectivity index (χ1v) is 6.32. The van der Waals surface area contributed by atoms with Crippen molar-refractivity contribution in [3.63, 3.8) is 0 Å². The molecule has 2 rings (SSSR count). The van der Waals surface area contributed by atoms with Crippen LogP contribution in [-0.2, 0) is 6.54 Å². The van der Waals surface area contributed by atoms with Crippen LogP contribution in [-0.4, -0.2) is 17.5 Å². The molecule has 16 heavy (non-hydrogen) atoms. The predicted molar refractivity (Wildman–Crippen MR) is 69.6 cm³/mol. The lowest BCUT2D eigenvalue weighted by atomic mass is 10.0. The van der Waals surface area contributed by atoms with Crippen LogP contribution < -0.4 is 5.73 Å². The number of likely N-dealkylation sites (tertiary alicyclic amines) is 1. The van der Waals surface area contributed by atoms with Gasteiger partial charge in [-0.05, 0) is 44.0 Å². The van der Waals surface area contributed by atoms with Crippen LogP contribution in [0.5, 0.6) is 0 Å². The monoisotopic (exact) mass is 238 g/mol. The van der Waals surface area contributed by atoms with E-state index in [0.29, 0.717) is 11.1 Å². The Hall–Kier alpha value is -0.730. The molecule has 1 aromatic rings. The van der Waals surface area contributed by atoms with Crippen molar-refractivity contribution >= 4 is 17.3 Å². The van der Waals surface area contributed by atoms with Gasteiger partial charge in [0.2, 0.25) is 0 Å². The maximum Gasteiger partial charge on any atom is 0.0426 e. The lowest BCUT2D eigenvalue weighted by Crippen LogP contribution is -2.36. The molecule has 1 saturated heterocycles. The Bertz CT molecular complexity index is 365. The second kappa shape index (κ2) is 5.07. The van der Waals surface area contributed by atoms with E-state index in [1.165, 1.54) is 31.4 Å². The Kier molecular flexibility index (Phi) is 3.72. The van der Waals surface area contributed by atoms with E-state index in [0.717, 1.165) is 12.2 Å². The molecule has 1 aromatic carbocycles. The van der Waals surface area contributed by atoms with E-state index >= 15 is 0 Å². The third kappa shape index (κ3) is 2.69. The molecule has 1 aliphatic heterocycles. The first kappa shape index (κ1) is 11.7. The van der Waals surface area contributed by atoms with Gasteiger partial charge in [0.05, 0.1) is 0 Å². The average molecular weight is 239 g/mol. The van der Waals surface area contributed by atoms with Crippen LogP contribution in [0.15, 0.2) is 18.2 Å². The van der Waals surface area contributed by atoms with E-state index in [9.17, 15) is 0 Å². The fraction of sp³-hybridized carbons (Fsp3) is 0.538. The molecule has 0 bridgehead atoms. The minimum atomic E-state index is 0.670. The number of rotatable bonds is 2. The van der Waals surface area contributed by atoms with Crippen LogP contribution in [0.2, 0.25) is 5.02 Å². The summed E-state index contributed by atoms with van der Waals surface area (Å²) >= 11 is 5.89. The van der Waals surface area contributed by atoms with Crippen LogP contribution in [0.1, 0.15) is 31.7 Å². The van der Waals surface area contributed by atoms with Crippen LogP contribution in [0, 0.1) is 0 Å². The molecule has 3 heteroatoms. The molecule has 0 aromatic heterocycles. The second-order valence-corrected chi connectivity index (χ2v) is 5.09. The van der Waals surface area contributed by atoms with Gasteiger partial charge in [-0.25, -0.2) is 0 Å². The molecular formula is C13H19ClN2. The molecule has 1 atom stereocenters. The summed E-state index contributed by atoms with van der Waals surface area (Å²) in [6, 6.07) is 6.47. The number of piperidine rings is 1. The van der Waals surface area contributed by atoms with Crippen molar-refractivity contribution in [2.75, 3.05) is 12.3 Å². The summed E-state index contributed by atoms with van der Waals surface area (Å²) in [5, 5.41) is 0.716. The lowest BCUT2D eigenvalue weighted by molar-refractivity contribution is 0.153. The van der Waals surface area contributed by atoms with Crippen LogP contribution in [0.3, 0.4) is 0 Å². The summed E-state index contributed by atoms with van der Waals surface area (Å²) in [4.78, 5) is 2.50. The Morgan fingerprint density at radius 2 is 2.25 bits per heavy atom. The lowest BCUT2D eigenvalue weighted by Gasteiger charge is -2.33. The van der Waals surface area contributed by atoms with Crippen molar-refractivity contribution in [3.8, 4) is 0 Å². The summed E-state index contributed by atoms with van der Waals surface area (Å²) in [5.74, 6) is 0. The van der Waals surface area contributed by atoms with Gasteiger partial charge in [0, 0.05) is 23.3 Å². The second-order valence-electron chi connectivity index (χ2n) is 4.66. The number of halogens is 1. The van der Waals surface area contributed by atoms with Gasteiger partial charge in [0.25, 0.3) is 0 Å². The van der Waals surface area contributed by atoms with Gasteiger partial charge in [0.15, 0.2) is 0 Å². The van der Waals surface area contributed by atoms with Gasteiger partial charge in [-0.1, -0.05) is 24.1 Å². The molecule has 1 unspecified atom stereocenters. The fourth-order valence-corrected chi connectivity index (χ4v) is 2.50. The molecule has 1 heterocycles. The topological polar surface area (TPSA) is 29.3 Å². The predicted octanol–water partition coefficient (Wildman–Crippen LogP) is 3.30. The van der Waals surface area contributed by atoms with E-state index in [-0.39, 0.29) is 0 Å². The Morgan fingerprint density at radius 1 is 1.44 bits per heavy atom. The number of benzene rings is 1. The highest BCUT2D eigenvalue weighted by atomic mass is 35.5. The summed E-state index contributed by atoms with van der Waals surface area (Å²) in [6.45, 7) is 4.43. The van der Waals surface area contributed by atoms with Gasteiger partial charge in [-0.15, -0.1) is 0 Å². The minimum Gasteiger partial charge on any atom is -0.398 e. The van der Waals surface area contributed by atoms with Crippen molar-refractivity contribution in [2.45, 2.75) is 38.8 Å². The Balaban J connectivity index is 2.07. The van der Waals surface area contributed by atoms with E-state index in [2.05, 4.69) is 11.8 Å². The highest BCUT2D eigenvalue weighted by Gasteiger charge is 2.18. The zero-order chi connectivity index (χ0) is 11.5. The number of hydrogen-bond donors (Lipinski definition) is 1. The van der Waals surface area contributed by atoms with Gasteiger partial charge >= 0.3 is 0 Å². The first-order valence-electron chi connectivity index (χ1n) is 5.95. The summed E-state index contributed by atoms with van der Waals surface area (Å²) in [7, 11) is 0. The molecule has 2 nitrogen and oxygen atoms in total. The van der Waals surface area contributed by atoms with Crippen molar-refractivity contribution in [2.24, 2.45) is 0 Å². The Morgan fingerprint density at radius 3 is 2.94 bits per heavy atom. The molecule has 0 amide bonds. The van der Waals surface area contributed by atoms with Crippen molar-refractivity contribution in [3.05, 3.63) is 28.8 Å². The molecule has 0 spiro atoms. The molecule has 88 valence electrons. The van der Waals surface area contributed by atoms with Gasteiger partial charge in [0.1, 0.15) is 0 Å². The summed E-state index contributed by atoms with van der Waals surface area (Å²) in [5.41, 5.74) is 7.98. The highest BCUT2D eigenvalue weighted by molar-refractivity contribution is 6.30. The minimum absolute atomic E-state index is 0.670. The fourth-order valence-electron chi connectivity index (χ4n) is 2.32. The SMILES string of the molecule is CC1CCCCN1Cc1ccc(Cl)cc1N. The molecule has 0 radical (unpaired) electrons. The maximum absolute atomic E-state index is 5.97. The number of anilines is 1. The standard InChI is InChI=1S/C13H19ClN2/c1-10-4-2-3-7-16(10)9-11-5-6-12(14)8-13(11)15/h5-6,8,10H,2-4,7,9,15H2,1H3. The van der Waals surface area contributed by atoms with E-state index in [1.54, 1.807) is 0 Å². The third-order valence-electron chi connectivity index (χ3n) is 3.42. The molecule has 1 fully saturated rings. The van der Waals surface area contributed by atoms with Gasteiger partial charge in [-0.2, -0.15) is 0 Å². The number of nitrogens with zero attached hydrogens (tertiary/aromatic N) is 1. The van der Waals surface area contributed by atoms with Crippen molar-refractivity contribution < 1.29 is 0 Å². The third-order valence-corrected chi connectivity index (χ3v) is 3.66. The smallest absolute Gasteiger partial charge is 0.0426 e. The van der Waals surface area contributed by atoms with Crippen molar-refractivity contribution in [1.82, 2.24) is 4.90 Å². The number of nitrogen functional groups attached to an aromatic ring is 1. The molecule has 1 aliphatic rings. The van der Waals surface area contributed by atoms with E-state index in [4.69, 9.17) is 17.3 Å². The van der Waals surface area contributed by atoms with Crippen molar-refractivity contribution in [1.29, 1.82) is 0 Å². The number of nitrogens with two attached hydrogens (primary N) is 1. The first-order chi connectivity index (χ1) is 7.66. The van der Waals surface area contributed by atoms with Gasteiger partial charge in [-0.3, -0.25) is 4.90 Å². The van der Waals surface area contributed by atoms with E-state index in [1.807, 2.05) is 18.2 Å². The zero-order valence-corrected chi connectivity index (χ0v) is 10.5. The molecular weight excluding hydrogens is 220 g/mol. The highest BCUT2D eigenvalue weighted by Crippen LogP contribution is 2.23. The molecule has 2 N–H and O–H groups in total. The van der Waals surface area contributed by atoms with Gasteiger partial charge < -0.3 is 5.73 Å². The normalized spacial score (nSPS) is 22.2. The largest absolute Gasteiger partial charge is 0.398 e. The summed E-state index contributed by atoms with van der Waals surface area (Å²) < 4.78 is 0. The quantitative estimate of drug-likeness (QED) is 0.802. The zero-order valence-electron chi connectivity index (χ0n) is 9.75. The molecule has 0 aliphatic carbocycles. The number of hydrogen-bond acceptors (Lipinski definition) is 2. The Labute approximate surface area is 102 Å². The summed E-state index contributed by atoms with van der Waals surface area (Å²) in [6.07, 6.45) is 3.96. The van der Waals surface area contributed by atoms with Crippen LogP contribution >= 0.6 is 11.6 Å². The van der Waals surface area contributed by atoms with Crippen LogP contribution in [0.25, 0.3) is 0 Å². The van der Waals surface area contributed by atoms with Crippen LogP contribution in [0.4, 0.5) is 5.69 Å². The van der Waals surface area contributed by atoms with E-state index < -0.39 is 0 Å². The average Bonchev–Trinajstić information content (AvgIpc) is 2.25. The molecule has 0 saturated carbocycles.